The van der Waals surface area contributed by atoms with Crippen LogP contribution in [0.25, 0.3) is 0 Å². The van der Waals surface area contributed by atoms with Gasteiger partial charge in [0.2, 0.25) is 0 Å². The molecular formula is C12H26N2. The van der Waals surface area contributed by atoms with Crippen LogP contribution in [-0.2, 0) is 0 Å². The van der Waals surface area contributed by atoms with E-state index in [0.717, 1.165) is 12.3 Å². The number of nitrogens with zero attached hydrogens (tertiary/aromatic N) is 1. The Labute approximate surface area is 88.8 Å². The van der Waals surface area contributed by atoms with E-state index in [1.165, 1.54) is 38.9 Å². The van der Waals surface area contributed by atoms with Gasteiger partial charge in [-0.15, -0.1) is 0 Å². The predicted molar refractivity (Wildman–Crippen MR) is 62.3 cm³/mol. The fourth-order valence-electron chi connectivity index (χ4n) is 2.21. The highest BCUT2D eigenvalue weighted by Crippen LogP contribution is 2.19. The van der Waals surface area contributed by atoms with Gasteiger partial charge in [-0.05, 0) is 52.1 Å². The predicted octanol–water partition coefficient (Wildman–Crippen LogP) is 2.24. The quantitative estimate of drug-likeness (QED) is 0.734. The van der Waals surface area contributed by atoms with E-state index in [9.17, 15) is 0 Å². The van der Waals surface area contributed by atoms with Crippen molar-refractivity contribution in [1.82, 2.24) is 4.90 Å². The van der Waals surface area contributed by atoms with Gasteiger partial charge in [0, 0.05) is 12.1 Å². The Morgan fingerprint density at radius 2 is 2.14 bits per heavy atom. The van der Waals surface area contributed by atoms with Gasteiger partial charge in [-0.2, -0.15) is 0 Å². The van der Waals surface area contributed by atoms with Gasteiger partial charge in [0.25, 0.3) is 0 Å². The van der Waals surface area contributed by atoms with Crippen molar-refractivity contribution in [2.24, 2.45) is 11.7 Å². The molecule has 1 unspecified atom stereocenters. The molecule has 1 aliphatic rings. The second kappa shape index (κ2) is 5.13. The van der Waals surface area contributed by atoms with Crippen LogP contribution >= 0.6 is 0 Å². The Hall–Kier alpha value is -0.0800. The highest BCUT2D eigenvalue weighted by atomic mass is 15.1. The number of hydrogen-bond acceptors (Lipinski definition) is 2. The maximum atomic E-state index is 5.96. The normalized spacial score (nSPS) is 24.4. The van der Waals surface area contributed by atoms with Gasteiger partial charge in [-0.1, -0.05) is 13.3 Å². The molecule has 1 fully saturated rings. The molecule has 0 amide bonds. The van der Waals surface area contributed by atoms with Gasteiger partial charge in [0.05, 0.1) is 0 Å². The van der Waals surface area contributed by atoms with E-state index in [1.807, 2.05) is 0 Å². The summed E-state index contributed by atoms with van der Waals surface area (Å²) in [6, 6.07) is 0. The van der Waals surface area contributed by atoms with Gasteiger partial charge >= 0.3 is 0 Å². The molecular weight excluding hydrogens is 172 g/mol. The molecule has 0 spiro atoms. The van der Waals surface area contributed by atoms with Gasteiger partial charge in [0.15, 0.2) is 0 Å². The zero-order chi connectivity index (χ0) is 10.6. The fourth-order valence-corrected chi connectivity index (χ4v) is 2.21. The van der Waals surface area contributed by atoms with Crippen molar-refractivity contribution in [3.05, 3.63) is 0 Å². The maximum absolute atomic E-state index is 5.96. The zero-order valence-electron chi connectivity index (χ0n) is 10.1. The molecule has 0 radical (unpaired) electrons. The van der Waals surface area contributed by atoms with Crippen LogP contribution in [0.4, 0.5) is 0 Å². The lowest BCUT2D eigenvalue weighted by molar-refractivity contribution is 0.300. The number of nitrogens with two attached hydrogens (primary N) is 1. The van der Waals surface area contributed by atoms with Crippen LogP contribution in [0.2, 0.25) is 0 Å². The van der Waals surface area contributed by atoms with Crippen molar-refractivity contribution in [3.8, 4) is 0 Å². The lowest BCUT2D eigenvalue weighted by atomic mass is 10.00. The van der Waals surface area contributed by atoms with Crippen molar-refractivity contribution in [2.45, 2.75) is 52.0 Å². The van der Waals surface area contributed by atoms with Crippen molar-refractivity contribution in [1.29, 1.82) is 0 Å². The highest BCUT2D eigenvalue weighted by Gasteiger charge is 2.20. The molecule has 84 valence electrons. The molecule has 1 aliphatic heterocycles. The molecule has 1 atom stereocenters. The van der Waals surface area contributed by atoms with E-state index in [4.69, 9.17) is 5.73 Å². The summed E-state index contributed by atoms with van der Waals surface area (Å²) in [5.74, 6) is 0.959. The van der Waals surface area contributed by atoms with Crippen LogP contribution in [0.15, 0.2) is 0 Å². The molecule has 0 bridgehead atoms. The summed E-state index contributed by atoms with van der Waals surface area (Å²) in [5.41, 5.74) is 5.97. The van der Waals surface area contributed by atoms with E-state index in [0.29, 0.717) is 0 Å². The first-order chi connectivity index (χ1) is 6.51. The Morgan fingerprint density at radius 1 is 1.43 bits per heavy atom. The SMILES string of the molecule is CCC1CCN(CCCC(C)(C)N)C1. The molecule has 1 saturated heterocycles. The van der Waals surface area contributed by atoms with E-state index < -0.39 is 0 Å². The Bertz CT molecular complexity index is 160. The monoisotopic (exact) mass is 198 g/mol. The number of rotatable bonds is 5. The van der Waals surface area contributed by atoms with Crippen LogP contribution < -0.4 is 5.73 Å². The summed E-state index contributed by atoms with van der Waals surface area (Å²) in [5, 5.41) is 0. The van der Waals surface area contributed by atoms with Crippen molar-refractivity contribution in [3.63, 3.8) is 0 Å². The number of hydrogen-bond donors (Lipinski definition) is 1. The lowest BCUT2D eigenvalue weighted by Gasteiger charge is -2.21. The third-order valence-corrected chi connectivity index (χ3v) is 3.24. The molecule has 0 aliphatic carbocycles. The molecule has 1 heterocycles. The molecule has 0 aromatic heterocycles. The van der Waals surface area contributed by atoms with Crippen LogP contribution in [0.5, 0.6) is 0 Å². The summed E-state index contributed by atoms with van der Waals surface area (Å²) < 4.78 is 0. The van der Waals surface area contributed by atoms with Crippen LogP contribution in [0.3, 0.4) is 0 Å². The smallest absolute Gasteiger partial charge is 0.00975 e. The molecule has 2 heteroatoms. The van der Waals surface area contributed by atoms with Gasteiger partial charge < -0.3 is 10.6 Å². The summed E-state index contributed by atoms with van der Waals surface area (Å²) >= 11 is 0. The maximum Gasteiger partial charge on any atom is 0.00975 e. The minimum atomic E-state index is 0.0177. The van der Waals surface area contributed by atoms with Gasteiger partial charge in [0.1, 0.15) is 0 Å². The Balaban J connectivity index is 2.09. The minimum absolute atomic E-state index is 0.0177. The molecule has 2 nitrogen and oxygen atoms in total. The van der Waals surface area contributed by atoms with E-state index in [-0.39, 0.29) is 5.54 Å². The Morgan fingerprint density at radius 3 is 2.64 bits per heavy atom. The van der Waals surface area contributed by atoms with E-state index >= 15 is 0 Å². The fraction of sp³-hybridized carbons (Fsp3) is 1.00. The first kappa shape index (κ1) is 12.0. The summed E-state index contributed by atoms with van der Waals surface area (Å²) in [7, 11) is 0. The highest BCUT2D eigenvalue weighted by molar-refractivity contribution is 4.76. The molecule has 0 aromatic rings. The van der Waals surface area contributed by atoms with Crippen LogP contribution in [-0.4, -0.2) is 30.1 Å². The third-order valence-electron chi connectivity index (χ3n) is 3.24. The number of likely N-dealkylation sites (tertiary alicyclic amines) is 1. The standard InChI is InChI=1S/C12H26N2/c1-4-11-6-9-14(10-11)8-5-7-12(2,3)13/h11H,4-10,13H2,1-3H3. The average molecular weight is 198 g/mol. The second-order valence-corrected chi connectivity index (χ2v) is 5.46. The lowest BCUT2D eigenvalue weighted by Crippen LogP contribution is -2.33. The molecule has 0 aromatic carbocycles. The first-order valence-electron chi connectivity index (χ1n) is 6.02. The minimum Gasteiger partial charge on any atom is -0.326 e. The Kier molecular flexibility index (Phi) is 4.39. The van der Waals surface area contributed by atoms with Gasteiger partial charge in [-0.25, -0.2) is 0 Å². The summed E-state index contributed by atoms with van der Waals surface area (Å²) in [6.45, 7) is 10.4. The van der Waals surface area contributed by atoms with Crippen molar-refractivity contribution >= 4 is 0 Å². The van der Waals surface area contributed by atoms with Crippen molar-refractivity contribution in [2.75, 3.05) is 19.6 Å². The first-order valence-corrected chi connectivity index (χ1v) is 6.02. The van der Waals surface area contributed by atoms with Gasteiger partial charge in [-0.3, -0.25) is 0 Å². The average Bonchev–Trinajstić information content (AvgIpc) is 2.50. The molecule has 1 rings (SSSR count). The summed E-state index contributed by atoms with van der Waals surface area (Å²) in [6.07, 6.45) is 5.14. The van der Waals surface area contributed by atoms with E-state index in [2.05, 4.69) is 25.7 Å². The van der Waals surface area contributed by atoms with Crippen LogP contribution in [0, 0.1) is 5.92 Å². The van der Waals surface area contributed by atoms with E-state index in [1.54, 1.807) is 0 Å². The van der Waals surface area contributed by atoms with Crippen LogP contribution in [0.1, 0.15) is 46.5 Å². The zero-order valence-corrected chi connectivity index (χ0v) is 10.1. The molecule has 14 heavy (non-hydrogen) atoms. The summed E-state index contributed by atoms with van der Waals surface area (Å²) in [4.78, 5) is 2.60. The second-order valence-electron chi connectivity index (χ2n) is 5.46. The molecule has 0 saturated carbocycles. The topological polar surface area (TPSA) is 29.3 Å². The largest absolute Gasteiger partial charge is 0.326 e. The molecule has 2 N–H and O–H groups in total. The third kappa shape index (κ3) is 4.43. The van der Waals surface area contributed by atoms with Crippen molar-refractivity contribution < 1.29 is 0 Å².